The Kier molecular flexibility index (Phi) is 10.2. The summed E-state index contributed by atoms with van der Waals surface area (Å²) in [5, 5.41) is 14.3. The number of amides is 1. The van der Waals surface area contributed by atoms with Crippen molar-refractivity contribution in [1.29, 1.82) is 0 Å². The number of rotatable bonds is 7. The Bertz CT molecular complexity index is 1650. The van der Waals surface area contributed by atoms with Gasteiger partial charge in [0.1, 0.15) is 35.8 Å². The number of aliphatic hydroxyl groups excluding tert-OH is 1. The normalized spacial score (nSPS) is 37.4. The molecule has 2 aliphatic heterocycles. The highest BCUT2D eigenvalue weighted by Gasteiger charge is 2.69. The van der Waals surface area contributed by atoms with Gasteiger partial charge < -0.3 is 34.1 Å². The first-order valence-electron chi connectivity index (χ1n) is 17.1. The molecule has 12 atom stereocenters. The van der Waals surface area contributed by atoms with Gasteiger partial charge >= 0.3 is 23.8 Å². The van der Waals surface area contributed by atoms with E-state index in [1.54, 1.807) is 19.1 Å². The molecule has 3 unspecified atom stereocenters. The van der Waals surface area contributed by atoms with Crippen molar-refractivity contribution >= 4 is 23.8 Å². The van der Waals surface area contributed by atoms with E-state index >= 15 is 0 Å². The van der Waals surface area contributed by atoms with E-state index in [4.69, 9.17) is 23.7 Å². The Hall–Kier alpha value is -4.13. The van der Waals surface area contributed by atoms with E-state index in [0.717, 1.165) is 5.57 Å². The van der Waals surface area contributed by atoms with Crippen LogP contribution in [0.2, 0.25) is 0 Å². The number of benzene rings is 1. The van der Waals surface area contributed by atoms with E-state index in [2.05, 4.69) is 5.32 Å². The molecule has 0 radical (unpaired) electrons. The van der Waals surface area contributed by atoms with Crippen molar-refractivity contribution in [3.05, 3.63) is 83.2 Å². The van der Waals surface area contributed by atoms with E-state index in [9.17, 15) is 28.7 Å². The molecule has 1 aromatic carbocycles. The summed E-state index contributed by atoms with van der Waals surface area (Å²) in [6.07, 6.45) is 6.61. The molecule has 3 aliphatic carbocycles. The molecule has 0 aromatic heterocycles. The Morgan fingerprint density at radius 3 is 2.64 bits per heavy atom. The molecular weight excluding hydrogens is 649 g/mol. The lowest BCUT2D eigenvalue weighted by Gasteiger charge is -2.49. The minimum Gasteiger partial charge on any atom is -0.456 e. The fourth-order valence-corrected chi connectivity index (χ4v) is 8.46. The zero-order valence-electron chi connectivity index (χ0n) is 28.7. The second-order valence-corrected chi connectivity index (χ2v) is 14.0. The van der Waals surface area contributed by atoms with Crippen molar-refractivity contribution in [3.8, 4) is 0 Å². The van der Waals surface area contributed by atoms with Crippen molar-refractivity contribution in [1.82, 2.24) is 5.32 Å². The largest absolute Gasteiger partial charge is 0.456 e. The summed E-state index contributed by atoms with van der Waals surface area (Å²) >= 11 is 0. The fraction of sp³-hybridized carbons (Fsp3) is 0.526. The molecule has 1 amide bonds. The maximum atomic E-state index is 14.0. The first-order valence-corrected chi connectivity index (χ1v) is 17.1. The number of carbonyl (C=O) groups is 4. The summed E-state index contributed by atoms with van der Waals surface area (Å²) in [5.74, 6) is -6.03. The van der Waals surface area contributed by atoms with E-state index in [-0.39, 0.29) is 24.4 Å². The molecule has 11 nitrogen and oxygen atoms in total. The zero-order chi connectivity index (χ0) is 35.9. The Balaban J connectivity index is 1.26. The summed E-state index contributed by atoms with van der Waals surface area (Å²) in [6, 6.07) is 5.86. The van der Waals surface area contributed by atoms with Crippen LogP contribution in [0.15, 0.2) is 71.9 Å². The maximum absolute atomic E-state index is 14.0. The lowest BCUT2D eigenvalue weighted by atomic mass is 9.57. The van der Waals surface area contributed by atoms with Crippen LogP contribution in [0.3, 0.4) is 0 Å². The van der Waals surface area contributed by atoms with Gasteiger partial charge in [-0.3, -0.25) is 4.79 Å². The number of methoxy groups -OCH3 is 1. The van der Waals surface area contributed by atoms with Gasteiger partial charge in [-0.05, 0) is 38.3 Å². The van der Waals surface area contributed by atoms with E-state index in [1.807, 2.05) is 44.2 Å². The summed E-state index contributed by atoms with van der Waals surface area (Å²) in [7, 11) is 1.40. The highest BCUT2D eigenvalue weighted by Crippen LogP contribution is 2.61. The second-order valence-electron chi connectivity index (χ2n) is 14.0. The third-order valence-corrected chi connectivity index (χ3v) is 11.0. The Morgan fingerprint density at radius 1 is 1.18 bits per heavy atom. The van der Waals surface area contributed by atoms with Gasteiger partial charge in [0.2, 0.25) is 0 Å². The fourth-order valence-electron chi connectivity index (χ4n) is 8.46. The van der Waals surface area contributed by atoms with Crippen molar-refractivity contribution in [2.45, 2.75) is 89.3 Å². The number of cyclic esters (lactones) is 1. The maximum Gasteiger partial charge on any atom is 0.397 e. The smallest absolute Gasteiger partial charge is 0.397 e. The molecule has 1 spiro atoms. The highest BCUT2D eigenvalue weighted by molar-refractivity contribution is 6.32. The Morgan fingerprint density at radius 2 is 1.94 bits per heavy atom. The highest BCUT2D eigenvalue weighted by atomic mass is 19.1. The predicted molar refractivity (Wildman–Crippen MR) is 176 cm³/mol. The molecule has 12 heteroatoms. The molecule has 1 aromatic rings. The molecule has 268 valence electrons. The molecule has 1 saturated carbocycles. The average Bonchev–Trinajstić information content (AvgIpc) is 3.70. The quantitative estimate of drug-likeness (QED) is 0.188. The lowest BCUT2D eigenvalue weighted by molar-refractivity contribution is -0.180. The van der Waals surface area contributed by atoms with Crippen LogP contribution in [0.25, 0.3) is 0 Å². The van der Waals surface area contributed by atoms with Crippen molar-refractivity contribution in [2.75, 3.05) is 7.11 Å². The van der Waals surface area contributed by atoms with Crippen LogP contribution < -0.4 is 5.32 Å². The van der Waals surface area contributed by atoms with Crippen molar-refractivity contribution in [3.63, 3.8) is 0 Å². The number of allylic oxidation sites excluding steroid dienone is 3. The minimum absolute atomic E-state index is 0.158. The standard InChI is InChI=1S/C38H44FNO10/c1-19-16-20(2)38-25(14-15-26-29(38)30(41)21(3)32(33(26)50-38)49-35(43)23-10-6-7-11-23)17-28(46-5)36(44)48-31(19)22(4)47-37(45)34(42)40-18-24-12-8-9-13-27(24)39/h6-10,12-16,19,21-22,25-26,28-33,41H,11,17-18H2,1-5H3,(H,40,42)/b20-16+/t19-,21-,22-,25-,26?,28+,29?,30?,31+,32-,33-,38+/m1/s1. The minimum atomic E-state index is -1.22. The van der Waals surface area contributed by atoms with E-state index in [1.165, 1.54) is 32.2 Å². The summed E-state index contributed by atoms with van der Waals surface area (Å²) < 4.78 is 44.2. The molecule has 50 heavy (non-hydrogen) atoms. The molecule has 6 rings (SSSR count). The van der Waals surface area contributed by atoms with Gasteiger partial charge in [-0.1, -0.05) is 68.5 Å². The summed E-state index contributed by atoms with van der Waals surface area (Å²) in [4.78, 5) is 52.2. The third kappa shape index (κ3) is 6.33. The van der Waals surface area contributed by atoms with Crippen LogP contribution >= 0.6 is 0 Å². The number of aliphatic hydroxyl groups is 1. The first kappa shape index (κ1) is 35.7. The monoisotopic (exact) mass is 693 g/mol. The number of esters is 3. The van der Waals surface area contributed by atoms with Gasteiger partial charge in [0.15, 0.2) is 6.10 Å². The van der Waals surface area contributed by atoms with Crippen LogP contribution in [0.1, 0.15) is 46.1 Å². The van der Waals surface area contributed by atoms with Crippen LogP contribution in [0, 0.1) is 35.4 Å². The average molecular weight is 694 g/mol. The van der Waals surface area contributed by atoms with Crippen molar-refractivity contribution < 1.29 is 52.4 Å². The van der Waals surface area contributed by atoms with Gasteiger partial charge in [-0.15, -0.1) is 0 Å². The lowest BCUT2D eigenvalue weighted by Crippen LogP contribution is -2.57. The van der Waals surface area contributed by atoms with Crippen LogP contribution in [0.4, 0.5) is 4.39 Å². The SMILES string of the molecule is CO[C@H]1C[C@H]2C=CC3C4C(O)[C@@H](C)[C@@H](OC(=O)C5=CC=CC5)[C@@H]3O[C@]42/C(C)=C/[C@@H](C)[C@@H]([C@@H](C)OC(=O)C(=O)NCc2ccccc2F)OC1=O. The predicted octanol–water partition coefficient (Wildman–Crippen LogP) is 3.65. The van der Waals surface area contributed by atoms with Gasteiger partial charge in [0.05, 0.1) is 6.10 Å². The van der Waals surface area contributed by atoms with Crippen LogP contribution in [-0.2, 0) is 49.4 Å². The van der Waals surface area contributed by atoms with Crippen molar-refractivity contribution in [2.24, 2.45) is 29.6 Å². The summed E-state index contributed by atoms with van der Waals surface area (Å²) in [5.41, 5.74) is 0.435. The molecule has 2 heterocycles. The van der Waals surface area contributed by atoms with Crippen LogP contribution in [0.5, 0.6) is 0 Å². The summed E-state index contributed by atoms with van der Waals surface area (Å²) in [6.45, 7) is 6.86. The zero-order valence-corrected chi connectivity index (χ0v) is 28.7. The number of halogens is 1. The number of hydrogen-bond donors (Lipinski definition) is 2. The molecule has 2 N–H and O–H groups in total. The molecule has 1 saturated heterocycles. The molecule has 4 bridgehead atoms. The van der Waals surface area contributed by atoms with Gasteiger partial charge in [0.25, 0.3) is 0 Å². The van der Waals surface area contributed by atoms with Gasteiger partial charge in [-0.2, -0.15) is 0 Å². The third-order valence-electron chi connectivity index (χ3n) is 11.0. The van der Waals surface area contributed by atoms with Gasteiger partial charge in [-0.25, -0.2) is 18.8 Å². The van der Waals surface area contributed by atoms with E-state index in [0.29, 0.717) is 12.0 Å². The topological polar surface area (TPSA) is 147 Å². The number of hydrogen-bond acceptors (Lipinski definition) is 10. The molecular formula is C38H44FNO10. The van der Waals surface area contributed by atoms with Gasteiger partial charge in [0, 0.05) is 54.4 Å². The number of ether oxygens (including phenoxy) is 5. The molecule has 5 aliphatic rings. The van der Waals surface area contributed by atoms with E-state index < -0.39 is 95.5 Å². The molecule has 2 fully saturated rings. The van der Waals surface area contributed by atoms with Crippen LogP contribution in [-0.4, -0.2) is 78.3 Å². The first-order chi connectivity index (χ1) is 23.9. The number of nitrogens with one attached hydrogen (secondary N) is 1. The second kappa shape index (κ2) is 14.2. The Labute approximate surface area is 290 Å². The number of carbonyl (C=O) groups excluding carboxylic acids is 4.